The Morgan fingerprint density at radius 2 is 1.71 bits per heavy atom. The molecule has 2 aromatic carbocycles. The minimum atomic E-state index is -0.980. The Balaban J connectivity index is 0.000000202. The standard InChI is InChI=1S/C15H20ClN3O.C10H8N2O2/c1-15(2,3)14(20)13(19-10-17-9-18-19)8-11-4-6-12(16)7-5-11;13-10(14)9-6-11-7-12(9)8-4-2-1-3-5-8/h4-7,9-10,13-14,20H,8H2,1-3H3;1-7H,(H,13,14). The molecule has 0 radical (unpaired) electrons. The quantitative estimate of drug-likeness (QED) is 0.413. The van der Waals surface area contributed by atoms with E-state index in [1.165, 1.54) is 23.4 Å². The van der Waals surface area contributed by atoms with Gasteiger partial charge in [0.25, 0.3) is 0 Å². The normalized spacial score (nSPS) is 13.0. The van der Waals surface area contributed by atoms with E-state index in [9.17, 15) is 9.90 Å². The Hall–Kier alpha value is -3.49. The summed E-state index contributed by atoms with van der Waals surface area (Å²) in [5.74, 6) is -0.980. The first-order valence-corrected chi connectivity index (χ1v) is 11.1. The number of imidazole rings is 1. The second-order valence-corrected chi connectivity index (χ2v) is 9.31. The molecule has 0 aliphatic carbocycles. The summed E-state index contributed by atoms with van der Waals surface area (Å²) >= 11 is 5.91. The molecule has 9 heteroatoms. The van der Waals surface area contributed by atoms with Crippen molar-refractivity contribution in [1.82, 2.24) is 24.3 Å². The second kappa shape index (κ2) is 11.1. The highest BCUT2D eigenvalue weighted by Gasteiger charge is 2.32. The smallest absolute Gasteiger partial charge is 0.354 e. The lowest BCUT2D eigenvalue weighted by molar-refractivity contribution is 0.0124. The van der Waals surface area contributed by atoms with Gasteiger partial charge in [0.1, 0.15) is 12.7 Å². The predicted molar refractivity (Wildman–Crippen MR) is 130 cm³/mol. The number of aromatic nitrogens is 5. The lowest BCUT2D eigenvalue weighted by Gasteiger charge is -2.33. The third-order valence-corrected chi connectivity index (χ3v) is 5.53. The maximum absolute atomic E-state index is 10.8. The summed E-state index contributed by atoms with van der Waals surface area (Å²) in [4.78, 5) is 18.6. The first-order valence-electron chi connectivity index (χ1n) is 10.7. The van der Waals surface area contributed by atoms with Crippen molar-refractivity contribution in [1.29, 1.82) is 0 Å². The number of aromatic carboxylic acids is 1. The zero-order valence-electron chi connectivity index (χ0n) is 19.3. The van der Waals surface area contributed by atoms with Gasteiger partial charge in [-0.2, -0.15) is 5.10 Å². The van der Waals surface area contributed by atoms with E-state index in [0.29, 0.717) is 11.4 Å². The van der Waals surface area contributed by atoms with Crippen LogP contribution in [0.1, 0.15) is 42.9 Å². The van der Waals surface area contributed by atoms with Crippen molar-refractivity contribution in [2.24, 2.45) is 5.41 Å². The number of carboxylic acids is 1. The molecule has 2 aromatic heterocycles. The van der Waals surface area contributed by atoms with Crippen molar-refractivity contribution in [2.75, 3.05) is 0 Å². The first kappa shape index (κ1) is 25.1. The summed E-state index contributed by atoms with van der Waals surface area (Å²) in [5, 5.41) is 24.4. The van der Waals surface area contributed by atoms with E-state index in [4.69, 9.17) is 16.7 Å². The molecule has 2 atom stereocenters. The highest BCUT2D eigenvalue weighted by molar-refractivity contribution is 6.30. The lowest BCUT2D eigenvalue weighted by atomic mass is 9.82. The molecule has 0 fully saturated rings. The van der Waals surface area contributed by atoms with E-state index in [2.05, 4.69) is 15.1 Å². The molecule has 0 spiro atoms. The highest BCUT2D eigenvalue weighted by atomic mass is 35.5. The summed E-state index contributed by atoms with van der Waals surface area (Å²) in [6.45, 7) is 6.05. The molecular formula is C25H28ClN5O3. The molecule has 0 bridgehead atoms. The van der Waals surface area contributed by atoms with E-state index >= 15 is 0 Å². The largest absolute Gasteiger partial charge is 0.477 e. The summed E-state index contributed by atoms with van der Waals surface area (Å²) in [7, 11) is 0. The van der Waals surface area contributed by atoms with E-state index in [0.717, 1.165) is 11.3 Å². The first-order chi connectivity index (χ1) is 16.2. The Kier molecular flexibility index (Phi) is 8.20. The lowest BCUT2D eigenvalue weighted by Crippen LogP contribution is -2.37. The molecule has 2 unspecified atom stereocenters. The van der Waals surface area contributed by atoms with Crippen LogP contribution in [0.5, 0.6) is 0 Å². The molecule has 2 heterocycles. The average molecular weight is 482 g/mol. The van der Waals surface area contributed by atoms with Crippen LogP contribution in [0, 0.1) is 5.41 Å². The molecular weight excluding hydrogens is 454 g/mol. The maximum Gasteiger partial charge on any atom is 0.354 e. The SMILES string of the molecule is CC(C)(C)C(O)C(Cc1ccc(Cl)cc1)n1cncn1.O=C(O)c1cncn1-c1ccccc1. The molecule has 178 valence electrons. The Bertz CT molecular complexity index is 1170. The van der Waals surface area contributed by atoms with Crippen LogP contribution in [0.3, 0.4) is 0 Å². The minimum Gasteiger partial charge on any atom is -0.477 e. The number of carbonyl (C=O) groups is 1. The summed E-state index contributed by atoms with van der Waals surface area (Å²) in [6.07, 6.45) is 6.10. The number of hydrogen-bond donors (Lipinski definition) is 2. The van der Waals surface area contributed by atoms with Crippen LogP contribution in [-0.2, 0) is 6.42 Å². The number of benzene rings is 2. The van der Waals surface area contributed by atoms with Crippen LogP contribution in [0.15, 0.2) is 79.8 Å². The van der Waals surface area contributed by atoms with E-state index in [1.807, 2.05) is 75.4 Å². The van der Waals surface area contributed by atoms with Crippen molar-refractivity contribution >= 4 is 17.6 Å². The Labute approximate surface area is 203 Å². The fraction of sp³-hybridized carbons (Fsp3) is 0.280. The molecule has 34 heavy (non-hydrogen) atoms. The van der Waals surface area contributed by atoms with Crippen molar-refractivity contribution < 1.29 is 15.0 Å². The summed E-state index contributed by atoms with van der Waals surface area (Å²) in [6, 6.07) is 16.7. The fourth-order valence-electron chi connectivity index (χ4n) is 3.43. The minimum absolute atomic E-state index is 0.154. The van der Waals surface area contributed by atoms with Crippen LogP contribution in [0.4, 0.5) is 0 Å². The van der Waals surface area contributed by atoms with Gasteiger partial charge in [0.05, 0.1) is 24.7 Å². The molecule has 0 aliphatic heterocycles. The molecule has 0 saturated heterocycles. The predicted octanol–water partition coefficient (Wildman–Crippen LogP) is 4.69. The van der Waals surface area contributed by atoms with Crippen LogP contribution < -0.4 is 0 Å². The summed E-state index contributed by atoms with van der Waals surface area (Å²) in [5.41, 5.74) is 1.83. The second-order valence-electron chi connectivity index (χ2n) is 8.87. The van der Waals surface area contributed by atoms with Crippen molar-refractivity contribution in [2.45, 2.75) is 39.3 Å². The van der Waals surface area contributed by atoms with Crippen molar-refractivity contribution in [3.05, 3.63) is 96.1 Å². The van der Waals surface area contributed by atoms with Gasteiger partial charge in [-0.3, -0.25) is 4.57 Å². The fourth-order valence-corrected chi connectivity index (χ4v) is 3.55. The number of aliphatic hydroxyl groups excluding tert-OH is 1. The van der Waals surface area contributed by atoms with Gasteiger partial charge >= 0.3 is 5.97 Å². The molecule has 8 nitrogen and oxygen atoms in total. The van der Waals surface area contributed by atoms with Gasteiger partial charge < -0.3 is 10.2 Å². The number of nitrogens with zero attached hydrogens (tertiary/aromatic N) is 5. The highest BCUT2D eigenvalue weighted by Crippen LogP contribution is 2.30. The van der Waals surface area contributed by atoms with Crippen molar-refractivity contribution in [3.8, 4) is 5.69 Å². The van der Waals surface area contributed by atoms with Gasteiger partial charge in [0.15, 0.2) is 5.69 Å². The van der Waals surface area contributed by atoms with Gasteiger partial charge in [-0.05, 0) is 41.7 Å². The number of para-hydroxylation sites is 1. The zero-order chi connectivity index (χ0) is 24.7. The van der Waals surface area contributed by atoms with Crippen LogP contribution >= 0.6 is 11.6 Å². The van der Waals surface area contributed by atoms with Gasteiger partial charge in [-0.15, -0.1) is 0 Å². The number of aliphatic hydroxyl groups is 1. The van der Waals surface area contributed by atoms with Gasteiger partial charge in [-0.1, -0.05) is 62.7 Å². The van der Waals surface area contributed by atoms with Crippen LogP contribution in [-0.4, -0.2) is 46.6 Å². The zero-order valence-corrected chi connectivity index (χ0v) is 20.0. The maximum atomic E-state index is 10.8. The number of hydrogen-bond acceptors (Lipinski definition) is 5. The average Bonchev–Trinajstić information content (AvgIpc) is 3.51. The number of rotatable bonds is 6. The molecule has 0 aliphatic rings. The van der Waals surface area contributed by atoms with Gasteiger partial charge in [0.2, 0.25) is 0 Å². The van der Waals surface area contributed by atoms with Crippen LogP contribution in [0.25, 0.3) is 5.69 Å². The molecule has 0 saturated carbocycles. The third kappa shape index (κ3) is 6.52. The van der Waals surface area contributed by atoms with Gasteiger partial charge in [-0.25, -0.2) is 19.4 Å². The molecule has 0 amide bonds. The molecule has 2 N–H and O–H groups in total. The molecule has 4 rings (SSSR count). The summed E-state index contributed by atoms with van der Waals surface area (Å²) < 4.78 is 3.26. The van der Waals surface area contributed by atoms with Crippen molar-refractivity contribution in [3.63, 3.8) is 0 Å². The number of carboxylic acid groups (broad SMARTS) is 1. The van der Waals surface area contributed by atoms with E-state index in [1.54, 1.807) is 11.0 Å². The Morgan fingerprint density at radius 3 is 2.26 bits per heavy atom. The monoisotopic (exact) mass is 481 g/mol. The Morgan fingerprint density at radius 1 is 1.03 bits per heavy atom. The van der Waals surface area contributed by atoms with Gasteiger partial charge in [0, 0.05) is 10.7 Å². The van der Waals surface area contributed by atoms with Crippen LogP contribution in [0.2, 0.25) is 5.02 Å². The topological polar surface area (TPSA) is 106 Å². The van der Waals surface area contributed by atoms with E-state index in [-0.39, 0.29) is 17.2 Å². The van der Waals surface area contributed by atoms with E-state index < -0.39 is 12.1 Å². The third-order valence-electron chi connectivity index (χ3n) is 5.28. The molecule has 4 aromatic rings. The number of halogens is 1.